The maximum atomic E-state index is 11.8. The van der Waals surface area contributed by atoms with Crippen LogP contribution in [0.3, 0.4) is 0 Å². The van der Waals surface area contributed by atoms with E-state index in [0.717, 1.165) is 13.6 Å². The highest BCUT2D eigenvalue weighted by atomic mass is 127. The lowest BCUT2D eigenvalue weighted by Crippen LogP contribution is -2.41. The van der Waals surface area contributed by atoms with E-state index in [4.69, 9.17) is 9.47 Å². The summed E-state index contributed by atoms with van der Waals surface area (Å²) in [6, 6.07) is 5.50. The number of rotatable bonds is 1. The smallest absolute Gasteiger partial charge is 0.348 e. The molecule has 4 nitrogen and oxygen atoms in total. The second-order valence-corrected chi connectivity index (χ2v) is 6.43. The average molecular weight is 437 g/mol. The highest BCUT2D eigenvalue weighted by Gasteiger charge is 2.38. The number of carbonyl (C=O) groups excluding carboxylic acids is 2. The van der Waals surface area contributed by atoms with E-state index in [2.05, 4.69) is 38.5 Å². The van der Waals surface area contributed by atoms with E-state index in [1.54, 1.807) is 6.07 Å². The molecule has 19 heavy (non-hydrogen) atoms. The van der Waals surface area contributed by atoms with Crippen molar-refractivity contribution in [1.29, 1.82) is 0 Å². The Morgan fingerprint density at radius 1 is 1.21 bits per heavy atom. The number of hydrogen-bond acceptors (Lipinski definition) is 4. The maximum absolute atomic E-state index is 11.8. The summed E-state index contributed by atoms with van der Waals surface area (Å²) in [5.74, 6) is -2.55. The third kappa shape index (κ3) is 3.36. The van der Waals surface area contributed by atoms with Gasteiger partial charge in [0.15, 0.2) is 0 Å². The van der Waals surface area contributed by atoms with Crippen LogP contribution in [0.2, 0.25) is 0 Å². The number of hydrogen-bond donors (Lipinski definition) is 0. The van der Waals surface area contributed by atoms with Crippen LogP contribution < -0.4 is 0 Å². The second kappa shape index (κ2) is 5.24. The van der Waals surface area contributed by atoms with Crippen molar-refractivity contribution < 1.29 is 19.1 Å². The standard InChI is InChI=1S/C13H10BrIO4/c1-13(2)18-11(16)8(12(17)19-13)5-7-3-4-10(15)9(14)6-7/h3-6H,1-2H3. The Morgan fingerprint density at radius 2 is 1.79 bits per heavy atom. The molecule has 0 spiro atoms. The molecule has 1 saturated heterocycles. The monoisotopic (exact) mass is 436 g/mol. The number of halogens is 2. The van der Waals surface area contributed by atoms with Crippen LogP contribution in [0.4, 0.5) is 0 Å². The van der Waals surface area contributed by atoms with Gasteiger partial charge in [-0.05, 0) is 62.3 Å². The SMILES string of the molecule is CC1(C)OC(=O)C(=Cc2ccc(I)c(Br)c2)C(=O)O1. The maximum Gasteiger partial charge on any atom is 0.348 e. The Labute approximate surface area is 132 Å². The number of esters is 2. The van der Waals surface area contributed by atoms with Crippen LogP contribution >= 0.6 is 38.5 Å². The van der Waals surface area contributed by atoms with Gasteiger partial charge < -0.3 is 9.47 Å². The van der Waals surface area contributed by atoms with Crippen LogP contribution in [0.25, 0.3) is 6.08 Å². The summed E-state index contributed by atoms with van der Waals surface area (Å²) in [6.45, 7) is 3.03. The molecule has 0 aromatic heterocycles. The molecule has 0 radical (unpaired) electrons. The molecule has 1 aliphatic rings. The molecular weight excluding hydrogens is 427 g/mol. The molecule has 1 aromatic carbocycles. The van der Waals surface area contributed by atoms with Gasteiger partial charge in [-0.25, -0.2) is 9.59 Å². The summed E-state index contributed by atoms with van der Waals surface area (Å²) in [5, 5.41) is 0. The molecule has 1 heterocycles. The molecule has 0 unspecified atom stereocenters. The van der Waals surface area contributed by atoms with Gasteiger partial charge in [0, 0.05) is 21.9 Å². The Balaban J connectivity index is 2.35. The molecule has 6 heteroatoms. The Kier molecular flexibility index (Phi) is 4.00. The first-order valence-electron chi connectivity index (χ1n) is 5.42. The molecule has 1 fully saturated rings. The zero-order valence-electron chi connectivity index (χ0n) is 10.2. The van der Waals surface area contributed by atoms with Crippen molar-refractivity contribution in [3.63, 3.8) is 0 Å². The normalized spacial score (nSPS) is 17.8. The van der Waals surface area contributed by atoms with Crippen molar-refractivity contribution in [3.8, 4) is 0 Å². The molecule has 0 amide bonds. The first-order valence-corrected chi connectivity index (χ1v) is 7.29. The largest absolute Gasteiger partial charge is 0.419 e. The van der Waals surface area contributed by atoms with Crippen LogP contribution in [0.1, 0.15) is 19.4 Å². The summed E-state index contributed by atoms with van der Waals surface area (Å²) in [6.07, 6.45) is 1.46. The van der Waals surface area contributed by atoms with Crippen molar-refractivity contribution in [2.75, 3.05) is 0 Å². The lowest BCUT2D eigenvalue weighted by Gasteiger charge is -2.29. The number of ether oxygens (including phenoxy) is 2. The third-order valence-corrected chi connectivity index (χ3v) is 4.71. The predicted molar refractivity (Wildman–Crippen MR) is 81.1 cm³/mol. The number of benzene rings is 1. The molecule has 0 bridgehead atoms. The van der Waals surface area contributed by atoms with Gasteiger partial charge in [0.2, 0.25) is 0 Å². The molecule has 100 valence electrons. The minimum atomic E-state index is -1.21. The first kappa shape index (κ1) is 14.5. The fourth-order valence-corrected chi connectivity index (χ4v) is 2.28. The van der Waals surface area contributed by atoms with Crippen LogP contribution in [-0.2, 0) is 19.1 Å². The summed E-state index contributed by atoms with van der Waals surface area (Å²) >= 11 is 5.56. The van der Waals surface area contributed by atoms with E-state index in [-0.39, 0.29) is 5.57 Å². The summed E-state index contributed by atoms with van der Waals surface area (Å²) in [4.78, 5) is 23.5. The Morgan fingerprint density at radius 3 is 2.32 bits per heavy atom. The van der Waals surface area contributed by atoms with Gasteiger partial charge in [0.05, 0.1) is 0 Å². The van der Waals surface area contributed by atoms with E-state index in [1.807, 2.05) is 12.1 Å². The molecule has 0 N–H and O–H groups in total. The van der Waals surface area contributed by atoms with E-state index in [0.29, 0.717) is 0 Å². The van der Waals surface area contributed by atoms with Gasteiger partial charge in [-0.15, -0.1) is 0 Å². The van der Waals surface area contributed by atoms with Crippen molar-refractivity contribution >= 4 is 56.5 Å². The van der Waals surface area contributed by atoms with Gasteiger partial charge in [-0.1, -0.05) is 6.07 Å². The number of carbonyl (C=O) groups is 2. The van der Waals surface area contributed by atoms with Crippen molar-refractivity contribution in [2.24, 2.45) is 0 Å². The number of cyclic esters (lactones) is 2. The minimum Gasteiger partial charge on any atom is -0.419 e. The molecule has 1 aromatic rings. The minimum absolute atomic E-state index is 0.104. The lowest BCUT2D eigenvalue weighted by atomic mass is 10.1. The van der Waals surface area contributed by atoms with Crippen LogP contribution in [0, 0.1) is 3.57 Å². The van der Waals surface area contributed by atoms with E-state index < -0.39 is 17.7 Å². The molecule has 0 aliphatic carbocycles. The summed E-state index contributed by atoms with van der Waals surface area (Å²) < 4.78 is 12.0. The topological polar surface area (TPSA) is 52.6 Å². The van der Waals surface area contributed by atoms with Gasteiger partial charge in [0.25, 0.3) is 5.79 Å². The molecule has 0 saturated carbocycles. The fraction of sp³-hybridized carbons (Fsp3) is 0.231. The zero-order valence-corrected chi connectivity index (χ0v) is 13.9. The Bertz CT molecular complexity index is 570. The summed E-state index contributed by atoms with van der Waals surface area (Å²) in [7, 11) is 0. The third-order valence-electron chi connectivity index (χ3n) is 2.37. The average Bonchev–Trinajstić information content (AvgIpc) is 2.27. The lowest BCUT2D eigenvalue weighted by molar-refractivity contribution is -0.222. The van der Waals surface area contributed by atoms with Gasteiger partial charge in [-0.3, -0.25) is 0 Å². The molecular formula is C13H10BrIO4. The summed E-state index contributed by atoms with van der Waals surface area (Å²) in [5.41, 5.74) is 0.614. The van der Waals surface area contributed by atoms with Crippen LogP contribution in [0.15, 0.2) is 28.2 Å². The van der Waals surface area contributed by atoms with E-state index in [1.165, 1.54) is 19.9 Å². The van der Waals surface area contributed by atoms with Gasteiger partial charge in [0.1, 0.15) is 5.57 Å². The van der Waals surface area contributed by atoms with Crippen molar-refractivity contribution in [3.05, 3.63) is 37.4 Å². The molecule has 0 atom stereocenters. The highest BCUT2D eigenvalue weighted by molar-refractivity contribution is 14.1. The fourth-order valence-electron chi connectivity index (χ4n) is 1.55. The first-order chi connectivity index (χ1) is 8.78. The second-order valence-electron chi connectivity index (χ2n) is 4.41. The van der Waals surface area contributed by atoms with Crippen molar-refractivity contribution in [2.45, 2.75) is 19.6 Å². The van der Waals surface area contributed by atoms with E-state index in [9.17, 15) is 9.59 Å². The highest BCUT2D eigenvalue weighted by Crippen LogP contribution is 2.26. The predicted octanol–water partition coefficient (Wildman–Crippen LogP) is 3.27. The Hall–Kier alpha value is -0.890. The van der Waals surface area contributed by atoms with Crippen LogP contribution in [0.5, 0.6) is 0 Å². The van der Waals surface area contributed by atoms with Gasteiger partial charge in [-0.2, -0.15) is 0 Å². The molecule has 2 rings (SSSR count). The zero-order chi connectivity index (χ0) is 14.2. The molecule has 1 aliphatic heterocycles. The van der Waals surface area contributed by atoms with Gasteiger partial charge >= 0.3 is 11.9 Å². The quantitative estimate of drug-likeness (QED) is 0.293. The van der Waals surface area contributed by atoms with Crippen LogP contribution in [-0.4, -0.2) is 17.7 Å². The van der Waals surface area contributed by atoms with Crippen molar-refractivity contribution in [1.82, 2.24) is 0 Å². The van der Waals surface area contributed by atoms with E-state index >= 15 is 0 Å².